The Morgan fingerprint density at radius 3 is 2.75 bits per heavy atom. The van der Waals surface area contributed by atoms with E-state index in [1.165, 1.54) is 37.7 Å². The molecule has 1 aromatic heterocycles. The summed E-state index contributed by atoms with van der Waals surface area (Å²) in [4.78, 5) is 15.0. The number of anilines is 2. The number of rotatable bonds is 5. The average molecular weight is 294 g/mol. The van der Waals surface area contributed by atoms with Gasteiger partial charge >= 0.3 is 0 Å². The predicted octanol–water partition coefficient (Wildman–Crippen LogP) is 3.04. The first-order valence-electron chi connectivity index (χ1n) is 7.39. The normalized spacial score (nSPS) is 18.4. The number of aromatic nitrogens is 3. The molecule has 1 aromatic rings. The number of hydrogen-bond donors (Lipinski definition) is 1. The van der Waals surface area contributed by atoms with Gasteiger partial charge in [0.05, 0.1) is 0 Å². The van der Waals surface area contributed by atoms with Crippen LogP contribution in [0.4, 0.5) is 11.9 Å². The van der Waals surface area contributed by atoms with Crippen LogP contribution < -0.4 is 10.2 Å². The van der Waals surface area contributed by atoms with Crippen molar-refractivity contribution >= 4 is 23.5 Å². The van der Waals surface area contributed by atoms with Crippen molar-refractivity contribution in [3.63, 3.8) is 0 Å². The van der Waals surface area contributed by atoms with Crippen LogP contribution in [0.5, 0.6) is 0 Å². The Labute approximate surface area is 124 Å². The standard InChI is InChI=1S/C14H20ClN5/c15-12-17-13(16-8-7-11-5-1-2-6-11)19-14(18-12)20-9-3-4-10-20/h5H,1-4,6-10H2,(H,16,17,18,19). The minimum atomic E-state index is 0.268. The van der Waals surface area contributed by atoms with Gasteiger partial charge in [-0.1, -0.05) is 11.6 Å². The van der Waals surface area contributed by atoms with Gasteiger partial charge in [-0.2, -0.15) is 15.0 Å². The summed E-state index contributed by atoms with van der Waals surface area (Å²) in [5, 5.41) is 3.53. The van der Waals surface area contributed by atoms with Crippen LogP contribution in [0.1, 0.15) is 38.5 Å². The molecular weight excluding hydrogens is 274 g/mol. The zero-order valence-corrected chi connectivity index (χ0v) is 12.4. The molecular formula is C14H20ClN5. The molecule has 5 nitrogen and oxygen atoms in total. The van der Waals surface area contributed by atoms with E-state index in [4.69, 9.17) is 11.6 Å². The molecule has 0 aromatic carbocycles. The molecule has 1 fully saturated rings. The second kappa shape index (κ2) is 6.39. The lowest BCUT2D eigenvalue weighted by Crippen LogP contribution is -2.21. The van der Waals surface area contributed by atoms with Crippen molar-refractivity contribution in [3.05, 3.63) is 16.9 Å². The molecule has 1 aliphatic heterocycles. The van der Waals surface area contributed by atoms with Crippen LogP contribution in [-0.2, 0) is 0 Å². The van der Waals surface area contributed by atoms with Gasteiger partial charge in [0, 0.05) is 19.6 Å². The Morgan fingerprint density at radius 1 is 1.15 bits per heavy atom. The summed E-state index contributed by atoms with van der Waals surface area (Å²) >= 11 is 5.99. The van der Waals surface area contributed by atoms with Crippen molar-refractivity contribution < 1.29 is 0 Å². The Morgan fingerprint density at radius 2 is 2.00 bits per heavy atom. The van der Waals surface area contributed by atoms with E-state index in [1.54, 1.807) is 0 Å². The van der Waals surface area contributed by atoms with Crippen molar-refractivity contribution in [1.82, 2.24) is 15.0 Å². The maximum Gasteiger partial charge on any atom is 0.231 e. The molecule has 0 saturated carbocycles. The monoisotopic (exact) mass is 293 g/mol. The van der Waals surface area contributed by atoms with Crippen LogP contribution in [0.25, 0.3) is 0 Å². The molecule has 0 atom stereocenters. The summed E-state index contributed by atoms with van der Waals surface area (Å²) in [6.07, 6.45) is 9.55. The molecule has 1 aliphatic carbocycles. The lowest BCUT2D eigenvalue weighted by atomic mass is 10.2. The van der Waals surface area contributed by atoms with Gasteiger partial charge in [-0.05, 0) is 50.1 Å². The molecule has 0 bridgehead atoms. The van der Waals surface area contributed by atoms with Gasteiger partial charge < -0.3 is 10.2 Å². The van der Waals surface area contributed by atoms with Crippen molar-refractivity contribution in [2.45, 2.75) is 38.5 Å². The average Bonchev–Trinajstić information content (AvgIpc) is 3.11. The smallest absolute Gasteiger partial charge is 0.231 e. The highest BCUT2D eigenvalue weighted by molar-refractivity contribution is 6.28. The van der Waals surface area contributed by atoms with E-state index in [0.717, 1.165) is 26.1 Å². The van der Waals surface area contributed by atoms with Gasteiger partial charge in [0.1, 0.15) is 0 Å². The maximum absolute atomic E-state index is 5.99. The molecule has 2 aliphatic rings. The molecule has 0 unspecified atom stereocenters. The van der Waals surface area contributed by atoms with Crippen LogP contribution >= 0.6 is 11.6 Å². The Kier molecular flexibility index (Phi) is 4.35. The third-order valence-corrected chi connectivity index (χ3v) is 4.02. The minimum absolute atomic E-state index is 0.268. The highest BCUT2D eigenvalue weighted by Gasteiger charge is 2.16. The van der Waals surface area contributed by atoms with Gasteiger partial charge in [0.25, 0.3) is 0 Å². The number of nitrogens with one attached hydrogen (secondary N) is 1. The van der Waals surface area contributed by atoms with E-state index in [9.17, 15) is 0 Å². The Hall–Kier alpha value is -1.36. The van der Waals surface area contributed by atoms with Crippen molar-refractivity contribution in [1.29, 1.82) is 0 Å². The Bertz CT molecular complexity index is 496. The lowest BCUT2D eigenvalue weighted by molar-refractivity contribution is 0.850. The van der Waals surface area contributed by atoms with Crippen LogP contribution in [-0.4, -0.2) is 34.6 Å². The van der Waals surface area contributed by atoms with Gasteiger partial charge in [0.15, 0.2) is 0 Å². The zero-order valence-electron chi connectivity index (χ0n) is 11.6. The van der Waals surface area contributed by atoms with E-state index in [1.807, 2.05) is 0 Å². The van der Waals surface area contributed by atoms with E-state index in [2.05, 4.69) is 31.2 Å². The highest BCUT2D eigenvalue weighted by Crippen LogP contribution is 2.21. The topological polar surface area (TPSA) is 53.9 Å². The fraction of sp³-hybridized carbons (Fsp3) is 0.643. The molecule has 3 rings (SSSR count). The van der Waals surface area contributed by atoms with Gasteiger partial charge in [-0.25, -0.2) is 0 Å². The quantitative estimate of drug-likeness (QED) is 0.846. The van der Waals surface area contributed by atoms with Crippen LogP contribution in [0.2, 0.25) is 5.28 Å². The van der Waals surface area contributed by atoms with Gasteiger partial charge in [0.2, 0.25) is 17.2 Å². The first kappa shape index (κ1) is 13.6. The SMILES string of the molecule is Clc1nc(NCCC2=CCCC2)nc(N2CCCC2)n1. The summed E-state index contributed by atoms with van der Waals surface area (Å²) < 4.78 is 0. The molecule has 0 amide bonds. The first-order valence-corrected chi connectivity index (χ1v) is 7.77. The summed E-state index contributed by atoms with van der Waals surface area (Å²) in [7, 11) is 0. The lowest BCUT2D eigenvalue weighted by Gasteiger charge is -2.15. The molecule has 1 N–H and O–H groups in total. The molecule has 2 heterocycles. The minimum Gasteiger partial charge on any atom is -0.354 e. The molecule has 1 saturated heterocycles. The van der Waals surface area contributed by atoms with Crippen LogP contribution in [0.3, 0.4) is 0 Å². The number of hydrogen-bond acceptors (Lipinski definition) is 5. The van der Waals surface area contributed by atoms with Crippen molar-refractivity contribution in [3.8, 4) is 0 Å². The largest absolute Gasteiger partial charge is 0.354 e. The van der Waals surface area contributed by atoms with Crippen molar-refractivity contribution in [2.75, 3.05) is 29.9 Å². The predicted molar refractivity (Wildman–Crippen MR) is 81.3 cm³/mol. The molecule has 108 valence electrons. The number of halogens is 1. The van der Waals surface area contributed by atoms with Gasteiger partial charge in [-0.15, -0.1) is 0 Å². The fourth-order valence-corrected chi connectivity index (χ4v) is 2.93. The van der Waals surface area contributed by atoms with E-state index in [0.29, 0.717) is 11.9 Å². The molecule has 20 heavy (non-hydrogen) atoms. The Balaban J connectivity index is 1.60. The van der Waals surface area contributed by atoms with Crippen LogP contribution in [0, 0.1) is 0 Å². The molecule has 6 heteroatoms. The summed E-state index contributed by atoms with van der Waals surface area (Å²) in [5.41, 5.74) is 1.54. The molecule has 0 radical (unpaired) electrons. The zero-order chi connectivity index (χ0) is 13.8. The third kappa shape index (κ3) is 3.39. The third-order valence-electron chi connectivity index (χ3n) is 3.85. The van der Waals surface area contributed by atoms with E-state index < -0.39 is 0 Å². The summed E-state index contributed by atoms with van der Waals surface area (Å²) in [5.74, 6) is 1.29. The summed E-state index contributed by atoms with van der Waals surface area (Å²) in [6.45, 7) is 2.87. The van der Waals surface area contributed by atoms with Gasteiger partial charge in [-0.3, -0.25) is 0 Å². The van der Waals surface area contributed by atoms with Crippen LogP contribution in [0.15, 0.2) is 11.6 Å². The number of allylic oxidation sites excluding steroid dienone is 1. The maximum atomic E-state index is 5.99. The second-order valence-corrected chi connectivity index (χ2v) is 5.69. The van der Waals surface area contributed by atoms with E-state index in [-0.39, 0.29) is 5.28 Å². The fourth-order valence-electron chi connectivity index (χ4n) is 2.78. The summed E-state index contributed by atoms with van der Waals surface area (Å²) in [6, 6.07) is 0. The second-order valence-electron chi connectivity index (χ2n) is 5.35. The van der Waals surface area contributed by atoms with E-state index >= 15 is 0 Å². The first-order chi connectivity index (χ1) is 9.81. The molecule has 0 spiro atoms. The number of nitrogens with zero attached hydrogens (tertiary/aromatic N) is 4. The van der Waals surface area contributed by atoms with Crippen molar-refractivity contribution in [2.24, 2.45) is 0 Å². The highest BCUT2D eigenvalue weighted by atomic mass is 35.5.